The van der Waals surface area contributed by atoms with Gasteiger partial charge in [0.2, 0.25) is 0 Å². The highest BCUT2D eigenvalue weighted by Crippen LogP contribution is 2.24. The number of benzene rings is 1. The minimum atomic E-state index is -0.509. The van der Waals surface area contributed by atoms with Gasteiger partial charge in [-0.15, -0.1) is 0 Å². The van der Waals surface area contributed by atoms with E-state index in [-0.39, 0.29) is 17.2 Å². The molecule has 0 saturated heterocycles. The molecule has 0 aromatic heterocycles. The minimum Gasteiger partial charge on any atom is -0.341 e. The lowest BCUT2D eigenvalue weighted by molar-refractivity contribution is -0.385. The van der Waals surface area contributed by atoms with E-state index in [0.29, 0.717) is 17.4 Å². The quantitative estimate of drug-likeness (QED) is 0.487. The summed E-state index contributed by atoms with van der Waals surface area (Å²) in [6.07, 6.45) is 0. The topological polar surface area (TPSA) is 63.5 Å². The molecule has 0 aliphatic carbocycles. The van der Waals surface area contributed by atoms with Gasteiger partial charge < -0.3 is 4.90 Å². The third kappa shape index (κ3) is 3.03. The molecule has 0 atom stereocenters. The van der Waals surface area contributed by atoms with E-state index in [4.69, 9.17) is 0 Å². The van der Waals surface area contributed by atoms with Crippen molar-refractivity contribution in [3.8, 4) is 0 Å². The van der Waals surface area contributed by atoms with Crippen LogP contribution < -0.4 is 0 Å². The number of carbonyl (C=O) groups is 1. The second-order valence-electron chi connectivity index (χ2n) is 3.64. The molecule has 1 amide bonds. The molecular formula is C11H13BrN2O3. The molecule has 17 heavy (non-hydrogen) atoms. The highest BCUT2D eigenvalue weighted by atomic mass is 79.9. The maximum atomic E-state index is 12.0. The molecule has 5 nitrogen and oxygen atoms in total. The fraction of sp³-hybridized carbons (Fsp3) is 0.364. The van der Waals surface area contributed by atoms with Gasteiger partial charge in [-0.1, -0.05) is 28.1 Å². The van der Waals surface area contributed by atoms with Crippen molar-refractivity contribution in [2.75, 3.05) is 18.9 Å². The van der Waals surface area contributed by atoms with Crippen molar-refractivity contribution in [2.45, 2.75) is 6.92 Å². The molecule has 1 aromatic rings. The summed E-state index contributed by atoms with van der Waals surface area (Å²) in [5.74, 6) is -0.333. The second-order valence-corrected chi connectivity index (χ2v) is 4.44. The van der Waals surface area contributed by atoms with Crippen LogP contribution in [0.15, 0.2) is 18.2 Å². The van der Waals surface area contributed by atoms with Gasteiger partial charge in [0.25, 0.3) is 11.6 Å². The number of aryl methyl sites for hydroxylation is 1. The number of nitro groups is 1. The number of amides is 1. The number of alkyl halides is 1. The SMILES string of the molecule is Cc1cccc(C(=O)N(C)CCBr)c1[N+](=O)[O-]. The molecule has 0 unspecified atom stereocenters. The standard InChI is InChI=1S/C11H13BrN2O3/c1-8-4-3-5-9(10(8)14(16)17)11(15)13(2)7-6-12/h3-5H,6-7H2,1-2H3. The van der Waals surface area contributed by atoms with Crippen LogP contribution in [0.4, 0.5) is 5.69 Å². The van der Waals surface area contributed by atoms with Crippen LogP contribution in [0.3, 0.4) is 0 Å². The van der Waals surface area contributed by atoms with Crippen molar-refractivity contribution in [3.63, 3.8) is 0 Å². The van der Waals surface area contributed by atoms with Gasteiger partial charge in [0, 0.05) is 24.5 Å². The van der Waals surface area contributed by atoms with E-state index in [9.17, 15) is 14.9 Å². The predicted molar refractivity (Wildman–Crippen MR) is 68.6 cm³/mol. The fourth-order valence-electron chi connectivity index (χ4n) is 1.51. The van der Waals surface area contributed by atoms with E-state index in [1.165, 1.54) is 11.0 Å². The third-order valence-electron chi connectivity index (χ3n) is 2.42. The van der Waals surface area contributed by atoms with E-state index < -0.39 is 4.92 Å². The van der Waals surface area contributed by atoms with E-state index in [1.54, 1.807) is 26.1 Å². The number of halogens is 1. The normalized spacial score (nSPS) is 10.1. The van der Waals surface area contributed by atoms with Crippen LogP contribution in [0, 0.1) is 17.0 Å². The van der Waals surface area contributed by atoms with Crippen LogP contribution in [-0.2, 0) is 0 Å². The molecule has 6 heteroatoms. The van der Waals surface area contributed by atoms with Crippen LogP contribution >= 0.6 is 15.9 Å². The predicted octanol–water partition coefficient (Wildman–Crippen LogP) is 2.37. The average Bonchev–Trinajstić information content (AvgIpc) is 2.27. The smallest absolute Gasteiger partial charge is 0.285 e. The number of hydrogen-bond donors (Lipinski definition) is 0. The van der Waals surface area contributed by atoms with Gasteiger partial charge >= 0.3 is 0 Å². The van der Waals surface area contributed by atoms with Crippen LogP contribution in [-0.4, -0.2) is 34.7 Å². The first-order chi connectivity index (χ1) is 7.99. The fourth-order valence-corrected chi connectivity index (χ4v) is 2.04. The zero-order valence-corrected chi connectivity index (χ0v) is 11.2. The molecule has 0 radical (unpaired) electrons. The number of rotatable bonds is 4. The molecule has 0 fully saturated rings. The van der Waals surface area contributed by atoms with Gasteiger partial charge in [-0.05, 0) is 13.0 Å². The third-order valence-corrected chi connectivity index (χ3v) is 2.77. The number of nitrogens with zero attached hydrogens (tertiary/aromatic N) is 2. The Kier molecular flexibility index (Phi) is 4.62. The Morgan fingerprint density at radius 1 is 1.53 bits per heavy atom. The van der Waals surface area contributed by atoms with Crippen molar-refractivity contribution in [2.24, 2.45) is 0 Å². The largest absolute Gasteiger partial charge is 0.341 e. The molecule has 1 aromatic carbocycles. The zero-order valence-electron chi connectivity index (χ0n) is 9.64. The summed E-state index contributed by atoms with van der Waals surface area (Å²) in [7, 11) is 1.62. The van der Waals surface area contributed by atoms with Gasteiger partial charge in [0.05, 0.1) is 4.92 Å². The van der Waals surface area contributed by atoms with Gasteiger partial charge in [-0.2, -0.15) is 0 Å². The van der Waals surface area contributed by atoms with Gasteiger partial charge in [-0.3, -0.25) is 14.9 Å². The van der Waals surface area contributed by atoms with Crippen LogP contribution in [0.1, 0.15) is 15.9 Å². The summed E-state index contributed by atoms with van der Waals surface area (Å²) < 4.78 is 0. The Balaban J connectivity index is 3.18. The Morgan fingerprint density at radius 3 is 2.71 bits per heavy atom. The Morgan fingerprint density at radius 2 is 2.18 bits per heavy atom. The van der Waals surface area contributed by atoms with E-state index in [2.05, 4.69) is 15.9 Å². The molecule has 1 rings (SSSR count). The summed E-state index contributed by atoms with van der Waals surface area (Å²) in [6.45, 7) is 2.13. The van der Waals surface area contributed by atoms with Gasteiger partial charge in [0.15, 0.2) is 0 Å². The Labute approximate surface area is 108 Å². The summed E-state index contributed by atoms with van der Waals surface area (Å²) in [4.78, 5) is 23.9. The summed E-state index contributed by atoms with van der Waals surface area (Å²) in [6, 6.07) is 4.76. The maximum absolute atomic E-state index is 12.0. The molecule has 0 saturated carbocycles. The molecule has 0 aliphatic heterocycles. The molecular weight excluding hydrogens is 288 g/mol. The van der Waals surface area contributed by atoms with E-state index in [0.717, 1.165) is 0 Å². The Bertz CT molecular complexity index is 448. The van der Waals surface area contributed by atoms with Crippen molar-refractivity contribution in [3.05, 3.63) is 39.4 Å². The maximum Gasteiger partial charge on any atom is 0.285 e. The Hall–Kier alpha value is -1.43. The summed E-state index contributed by atoms with van der Waals surface area (Å²) in [5, 5.41) is 11.6. The van der Waals surface area contributed by atoms with E-state index in [1.807, 2.05) is 0 Å². The molecule has 92 valence electrons. The summed E-state index contributed by atoms with van der Waals surface area (Å²) >= 11 is 3.22. The van der Waals surface area contributed by atoms with E-state index >= 15 is 0 Å². The average molecular weight is 301 g/mol. The van der Waals surface area contributed by atoms with Crippen LogP contribution in [0.2, 0.25) is 0 Å². The lowest BCUT2D eigenvalue weighted by atomic mass is 10.1. The number of hydrogen-bond acceptors (Lipinski definition) is 3. The van der Waals surface area contributed by atoms with Crippen molar-refractivity contribution < 1.29 is 9.72 Å². The molecule has 0 aliphatic rings. The first kappa shape index (κ1) is 13.6. The second kappa shape index (κ2) is 5.77. The molecule has 0 heterocycles. The van der Waals surface area contributed by atoms with Gasteiger partial charge in [0.1, 0.15) is 5.56 Å². The minimum absolute atomic E-state index is 0.112. The number of carbonyl (C=O) groups excluding carboxylic acids is 1. The molecule has 0 bridgehead atoms. The monoisotopic (exact) mass is 300 g/mol. The number of para-hydroxylation sites is 1. The van der Waals surface area contributed by atoms with Crippen LogP contribution in [0.25, 0.3) is 0 Å². The van der Waals surface area contributed by atoms with Gasteiger partial charge in [-0.25, -0.2) is 0 Å². The van der Waals surface area contributed by atoms with Crippen molar-refractivity contribution in [1.82, 2.24) is 4.90 Å². The number of nitro benzene ring substituents is 1. The zero-order chi connectivity index (χ0) is 13.0. The lowest BCUT2D eigenvalue weighted by Crippen LogP contribution is -2.29. The summed E-state index contributed by atoms with van der Waals surface area (Å²) in [5.41, 5.74) is 0.519. The van der Waals surface area contributed by atoms with Crippen LogP contribution in [0.5, 0.6) is 0 Å². The molecule has 0 spiro atoms. The highest BCUT2D eigenvalue weighted by molar-refractivity contribution is 9.09. The molecule has 0 N–H and O–H groups in total. The van der Waals surface area contributed by atoms with Crippen molar-refractivity contribution >= 4 is 27.5 Å². The first-order valence-corrected chi connectivity index (χ1v) is 6.16. The lowest BCUT2D eigenvalue weighted by Gasteiger charge is -2.15. The van der Waals surface area contributed by atoms with Crippen molar-refractivity contribution in [1.29, 1.82) is 0 Å². The first-order valence-electron chi connectivity index (χ1n) is 5.04. The highest BCUT2D eigenvalue weighted by Gasteiger charge is 2.24.